The minimum atomic E-state index is -1.14. The van der Waals surface area contributed by atoms with Crippen molar-refractivity contribution in [2.24, 2.45) is 0 Å². The Balaban J connectivity index is 4.65. The average Bonchev–Trinajstić information content (AvgIpc) is 2.37. The van der Waals surface area contributed by atoms with Crippen LogP contribution in [-0.4, -0.2) is 42.4 Å². The molecule has 20 heavy (non-hydrogen) atoms. The van der Waals surface area contributed by atoms with Gasteiger partial charge in [-0.3, -0.25) is 4.79 Å². The van der Waals surface area contributed by atoms with Gasteiger partial charge in [-0.15, -0.1) is 0 Å². The lowest BCUT2D eigenvalue weighted by Crippen LogP contribution is -2.19. The van der Waals surface area contributed by atoms with E-state index in [1.54, 1.807) is 0 Å². The van der Waals surface area contributed by atoms with Gasteiger partial charge in [-0.05, 0) is 19.3 Å². The molecular weight excluding hydrogens is 272 g/mol. The summed E-state index contributed by atoms with van der Waals surface area (Å²) in [5.41, 5.74) is 0.505. The Morgan fingerprint density at radius 2 is 1.45 bits per heavy atom. The molecule has 3 N–H and O–H groups in total. The number of ketones is 1. The lowest BCUT2D eigenvalue weighted by molar-refractivity contribution is -0.116. The van der Waals surface area contributed by atoms with E-state index in [9.17, 15) is 9.90 Å². The zero-order chi connectivity index (χ0) is 15.6. The van der Waals surface area contributed by atoms with E-state index in [4.69, 9.17) is 10.2 Å². The van der Waals surface area contributed by atoms with Crippen molar-refractivity contribution in [3.05, 3.63) is 11.3 Å². The maximum absolute atomic E-state index is 12.1. The monoisotopic (exact) mass is 302 g/mol. The van der Waals surface area contributed by atoms with Gasteiger partial charge in [0.05, 0.1) is 5.76 Å². The van der Waals surface area contributed by atoms with Crippen LogP contribution >= 0.6 is 0 Å². The normalized spacial score (nSPS) is 13.2. The molecule has 4 nitrogen and oxygen atoms in total. The second-order valence-electron chi connectivity index (χ2n) is 6.42. The fourth-order valence-electron chi connectivity index (χ4n) is 2.03. The highest BCUT2D eigenvalue weighted by molar-refractivity contribution is 6.76. The second kappa shape index (κ2) is 10.1. The van der Waals surface area contributed by atoms with Gasteiger partial charge in [-0.2, -0.15) is 0 Å². The third kappa shape index (κ3) is 9.28. The summed E-state index contributed by atoms with van der Waals surface area (Å²) in [6.45, 7) is 6.86. The van der Waals surface area contributed by atoms with E-state index < -0.39 is 8.07 Å². The van der Waals surface area contributed by atoms with Crippen molar-refractivity contribution in [2.75, 3.05) is 13.2 Å². The molecule has 0 saturated heterocycles. The summed E-state index contributed by atoms with van der Waals surface area (Å²) < 4.78 is 0. The number of hydrogen-bond donors (Lipinski definition) is 3. The lowest BCUT2D eigenvalue weighted by atomic mass is 9.99. The molecule has 0 spiro atoms. The van der Waals surface area contributed by atoms with Crippen molar-refractivity contribution in [3.8, 4) is 0 Å². The minimum Gasteiger partial charge on any atom is -0.512 e. The first-order valence-corrected chi connectivity index (χ1v) is 11.2. The molecule has 0 unspecified atom stereocenters. The van der Waals surface area contributed by atoms with Crippen LogP contribution in [0.25, 0.3) is 0 Å². The fourth-order valence-corrected chi connectivity index (χ4v) is 3.27. The van der Waals surface area contributed by atoms with Gasteiger partial charge in [0, 0.05) is 39.7 Å². The summed E-state index contributed by atoms with van der Waals surface area (Å²) >= 11 is 0. The van der Waals surface area contributed by atoms with Crippen molar-refractivity contribution in [1.82, 2.24) is 0 Å². The smallest absolute Gasteiger partial charge is 0.162 e. The van der Waals surface area contributed by atoms with E-state index in [1.807, 2.05) is 0 Å². The first-order valence-electron chi connectivity index (χ1n) is 7.47. The van der Waals surface area contributed by atoms with Gasteiger partial charge >= 0.3 is 0 Å². The van der Waals surface area contributed by atoms with Crippen LogP contribution in [0.4, 0.5) is 0 Å². The van der Waals surface area contributed by atoms with E-state index in [1.165, 1.54) is 0 Å². The summed E-state index contributed by atoms with van der Waals surface area (Å²) in [5, 5.41) is 27.7. The molecule has 0 radical (unpaired) electrons. The average molecular weight is 302 g/mol. The van der Waals surface area contributed by atoms with Gasteiger partial charge in [0.1, 0.15) is 0 Å². The number of rotatable bonds is 11. The summed E-state index contributed by atoms with van der Waals surface area (Å²) in [6.07, 6.45) is 3.05. The minimum absolute atomic E-state index is 0.00860. The highest BCUT2D eigenvalue weighted by Crippen LogP contribution is 2.21. The van der Waals surface area contributed by atoms with Gasteiger partial charge in [0.2, 0.25) is 0 Å². The van der Waals surface area contributed by atoms with E-state index in [0.29, 0.717) is 31.3 Å². The Bertz CT molecular complexity index is 318. The molecule has 0 atom stereocenters. The quantitative estimate of drug-likeness (QED) is 0.311. The van der Waals surface area contributed by atoms with Gasteiger partial charge < -0.3 is 15.3 Å². The fraction of sp³-hybridized carbons (Fsp3) is 0.800. The predicted octanol–water partition coefficient (Wildman–Crippen LogP) is 3.03. The third-order valence-electron chi connectivity index (χ3n) is 3.17. The van der Waals surface area contributed by atoms with Crippen LogP contribution in [0, 0.1) is 0 Å². The number of allylic oxidation sites excluding steroid dienone is 2. The topological polar surface area (TPSA) is 77.8 Å². The van der Waals surface area contributed by atoms with E-state index in [-0.39, 0.29) is 31.2 Å². The third-order valence-corrected chi connectivity index (χ3v) is 5.03. The largest absolute Gasteiger partial charge is 0.512 e. The molecule has 0 fully saturated rings. The van der Waals surface area contributed by atoms with Crippen LogP contribution in [0.2, 0.25) is 25.7 Å². The molecule has 0 rings (SSSR count). The molecule has 0 aliphatic rings. The Kier molecular flexibility index (Phi) is 9.80. The number of hydrogen-bond acceptors (Lipinski definition) is 4. The van der Waals surface area contributed by atoms with Crippen molar-refractivity contribution >= 4 is 13.9 Å². The molecular formula is C15H30O4Si. The number of aliphatic hydroxyl groups excluding tert-OH is 3. The summed E-state index contributed by atoms with van der Waals surface area (Å²) in [4.78, 5) is 12.1. The molecule has 0 aromatic rings. The van der Waals surface area contributed by atoms with Crippen LogP contribution in [-0.2, 0) is 4.79 Å². The molecule has 0 amide bonds. The maximum atomic E-state index is 12.1. The standard InChI is InChI=1S/C15H30O4Si/c1-20(2,3)12-6-7-13(14(18)8-4-10-16)15(19)9-5-11-17/h16-18H,4-12H2,1-3H3/b14-13-. The van der Waals surface area contributed by atoms with Crippen LogP contribution in [0.1, 0.15) is 38.5 Å². The molecule has 0 aliphatic carbocycles. The Morgan fingerprint density at radius 1 is 0.900 bits per heavy atom. The van der Waals surface area contributed by atoms with Crippen molar-refractivity contribution < 1.29 is 20.1 Å². The number of carbonyl (C=O) groups excluding carboxylic acids is 1. The Hall–Kier alpha value is -0.653. The number of Topliss-reactive ketones (excluding diaryl/α,β-unsaturated/α-hetero) is 1. The van der Waals surface area contributed by atoms with Crippen molar-refractivity contribution in [2.45, 2.75) is 64.2 Å². The van der Waals surface area contributed by atoms with E-state index in [0.717, 1.165) is 12.5 Å². The molecule has 0 aromatic heterocycles. The highest BCUT2D eigenvalue weighted by Gasteiger charge is 2.17. The van der Waals surface area contributed by atoms with Crippen LogP contribution in [0.3, 0.4) is 0 Å². The zero-order valence-corrected chi connectivity index (χ0v) is 14.1. The number of aliphatic hydroxyl groups is 3. The molecule has 5 heteroatoms. The van der Waals surface area contributed by atoms with E-state index >= 15 is 0 Å². The zero-order valence-electron chi connectivity index (χ0n) is 13.1. The van der Waals surface area contributed by atoms with Gasteiger partial charge in [-0.1, -0.05) is 32.1 Å². The molecule has 0 heterocycles. The maximum Gasteiger partial charge on any atom is 0.162 e. The van der Waals surface area contributed by atoms with Crippen LogP contribution < -0.4 is 0 Å². The SMILES string of the molecule is C[Si](C)(C)CCC/C(C(=O)CCCO)=C(/O)CCCO. The summed E-state index contributed by atoms with van der Waals surface area (Å²) in [5.74, 6) is 0.0580. The predicted molar refractivity (Wildman–Crippen MR) is 84.7 cm³/mol. The first kappa shape index (κ1) is 19.3. The first-order chi connectivity index (χ1) is 9.31. The van der Waals surface area contributed by atoms with Crippen LogP contribution in [0.15, 0.2) is 11.3 Å². The summed E-state index contributed by atoms with van der Waals surface area (Å²) in [7, 11) is -1.14. The number of carbonyl (C=O) groups is 1. The highest BCUT2D eigenvalue weighted by atomic mass is 28.3. The van der Waals surface area contributed by atoms with Gasteiger partial charge in [0.25, 0.3) is 0 Å². The van der Waals surface area contributed by atoms with Crippen LogP contribution in [0.5, 0.6) is 0 Å². The molecule has 0 bridgehead atoms. The Labute approximate surface area is 123 Å². The lowest BCUT2D eigenvalue weighted by Gasteiger charge is -2.16. The summed E-state index contributed by atoms with van der Waals surface area (Å²) in [6, 6.07) is 1.12. The molecule has 118 valence electrons. The molecule has 0 aromatic carbocycles. The van der Waals surface area contributed by atoms with Crippen molar-refractivity contribution in [1.29, 1.82) is 0 Å². The van der Waals surface area contributed by atoms with Gasteiger partial charge in [0.15, 0.2) is 5.78 Å². The Morgan fingerprint density at radius 3 is 1.95 bits per heavy atom. The van der Waals surface area contributed by atoms with Crippen molar-refractivity contribution in [3.63, 3.8) is 0 Å². The van der Waals surface area contributed by atoms with E-state index in [2.05, 4.69) is 19.6 Å². The van der Waals surface area contributed by atoms with Gasteiger partial charge in [-0.25, -0.2) is 0 Å². The second-order valence-corrected chi connectivity index (χ2v) is 12.0. The molecule has 0 saturated carbocycles. The molecule has 0 aliphatic heterocycles.